The fourth-order valence-corrected chi connectivity index (χ4v) is 3.31. The van der Waals surface area contributed by atoms with E-state index in [1.165, 1.54) is 23.9 Å². The van der Waals surface area contributed by atoms with Crippen LogP contribution in [0.1, 0.15) is 11.4 Å². The lowest BCUT2D eigenvalue weighted by molar-refractivity contribution is -0.274. The SMILES string of the molecule is Cn1c(COc2ccccc2Cl)nnc1SCc1ccc(OC(F)(F)F)cc1. The van der Waals surface area contributed by atoms with E-state index in [9.17, 15) is 13.2 Å². The second-order valence-electron chi connectivity index (χ2n) is 5.66. The van der Waals surface area contributed by atoms with Crippen molar-refractivity contribution in [1.29, 1.82) is 0 Å². The smallest absolute Gasteiger partial charge is 0.484 e. The Morgan fingerprint density at radius 1 is 1.07 bits per heavy atom. The first-order valence-corrected chi connectivity index (χ1v) is 9.41. The zero-order valence-corrected chi connectivity index (χ0v) is 16.2. The minimum absolute atomic E-state index is 0.206. The van der Waals surface area contributed by atoms with Crippen LogP contribution < -0.4 is 9.47 Å². The largest absolute Gasteiger partial charge is 0.573 e. The lowest BCUT2D eigenvalue weighted by Gasteiger charge is -2.09. The Morgan fingerprint density at radius 2 is 1.79 bits per heavy atom. The molecule has 0 bridgehead atoms. The molecule has 0 aliphatic heterocycles. The van der Waals surface area contributed by atoms with Crippen molar-refractivity contribution in [3.63, 3.8) is 0 Å². The number of aromatic nitrogens is 3. The van der Waals surface area contributed by atoms with E-state index in [1.807, 2.05) is 19.2 Å². The van der Waals surface area contributed by atoms with Crippen molar-refractivity contribution in [3.8, 4) is 11.5 Å². The summed E-state index contributed by atoms with van der Waals surface area (Å²) in [6.07, 6.45) is -4.70. The fraction of sp³-hybridized carbons (Fsp3) is 0.222. The van der Waals surface area contributed by atoms with Crippen LogP contribution in [-0.4, -0.2) is 21.1 Å². The first-order valence-electron chi connectivity index (χ1n) is 8.05. The molecule has 28 heavy (non-hydrogen) atoms. The molecule has 0 spiro atoms. The Labute approximate surface area is 168 Å². The Balaban J connectivity index is 1.56. The topological polar surface area (TPSA) is 49.2 Å². The van der Waals surface area contributed by atoms with E-state index < -0.39 is 6.36 Å². The summed E-state index contributed by atoms with van der Waals surface area (Å²) in [5.41, 5.74) is 0.830. The van der Waals surface area contributed by atoms with Crippen LogP contribution in [0.4, 0.5) is 13.2 Å². The normalized spacial score (nSPS) is 11.5. The Morgan fingerprint density at radius 3 is 2.46 bits per heavy atom. The highest BCUT2D eigenvalue weighted by Gasteiger charge is 2.30. The number of halogens is 4. The van der Waals surface area contributed by atoms with E-state index in [0.717, 1.165) is 5.56 Å². The lowest BCUT2D eigenvalue weighted by Crippen LogP contribution is -2.16. The fourth-order valence-electron chi connectivity index (χ4n) is 2.24. The molecule has 3 rings (SSSR count). The summed E-state index contributed by atoms with van der Waals surface area (Å²) in [5.74, 6) is 1.45. The third-order valence-corrected chi connectivity index (χ3v) is 5.05. The van der Waals surface area contributed by atoms with Gasteiger partial charge in [0.25, 0.3) is 0 Å². The zero-order chi connectivity index (χ0) is 20.1. The number of hydrogen-bond donors (Lipinski definition) is 0. The summed E-state index contributed by atoms with van der Waals surface area (Å²) >= 11 is 7.47. The van der Waals surface area contributed by atoms with Gasteiger partial charge in [0, 0.05) is 12.8 Å². The molecule has 1 heterocycles. The number of hydrogen-bond acceptors (Lipinski definition) is 5. The molecule has 2 aromatic carbocycles. The van der Waals surface area contributed by atoms with Gasteiger partial charge >= 0.3 is 6.36 Å². The predicted molar refractivity (Wildman–Crippen MR) is 99.5 cm³/mol. The molecular formula is C18H15ClF3N3O2S. The van der Waals surface area contributed by atoms with E-state index in [-0.39, 0.29) is 12.4 Å². The van der Waals surface area contributed by atoms with E-state index in [4.69, 9.17) is 16.3 Å². The number of ether oxygens (including phenoxy) is 2. The molecule has 0 aliphatic carbocycles. The summed E-state index contributed by atoms with van der Waals surface area (Å²) in [6.45, 7) is 0.206. The van der Waals surface area contributed by atoms with Gasteiger partial charge in [-0.15, -0.1) is 23.4 Å². The Hall–Kier alpha value is -2.39. The molecule has 0 N–H and O–H groups in total. The maximum atomic E-state index is 12.2. The standard InChI is InChI=1S/C18H15ClF3N3O2S/c1-25-16(10-26-15-5-3-2-4-14(15)19)23-24-17(25)28-11-12-6-8-13(9-7-12)27-18(20,21)22/h2-9H,10-11H2,1H3. The minimum atomic E-state index is -4.70. The summed E-state index contributed by atoms with van der Waals surface area (Å²) < 4.78 is 47.9. The van der Waals surface area contributed by atoms with E-state index in [1.54, 1.807) is 28.8 Å². The molecular weight excluding hydrogens is 415 g/mol. The first kappa shape index (κ1) is 20.3. The lowest BCUT2D eigenvalue weighted by atomic mass is 10.2. The summed E-state index contributed by atoms with van der Waals surface area (Å²) in [7, 11) is 1.81. The number of benzene rings is 2. The van der Waals surface area contributed by atoms with E-state index in [2.05, 4.69) is 14.9 Å². The summed E-state index contributed by atoms with van der Waals surface area (Å²) in [6, 6.07) is 12.8. The molecule has 0 atom stereocenters. The van der Waals surface area contributed by atoms with Crippen LogP contribution in [-0.2, 0) is 19.4 Å². The number of para-hydroxylation sites is 1. The van der Waals surface area contributed by atoms with Crippen molar-refractivity contribution in [2.24, 2.45) is 7.05 Å². The van der Waals surface area contributed by atoms with Gasteiger partial charge in [-0.3, -0.25) is 0 Å². The van der Waals surface area contributed by atoms with Gasteiger partial charge < -0.3 is 14.0 Å². The van der Waals surface area contributed by atoms with Gasteiger partial charge in [-0.2, -0.15) is 0 Å². The highest BCUT2D eigenvalue weighted by molar-refractivity contribution is 7.98. The van der Waals surface area contributed by atoms with Crippen molar-refractivity contribution in [2.75, 3.05) is 0 Å². The maximum Gasteiger partial charge on any atom is 0.573 e. The van der Waals surface area contributed by atoms with Crippen LogP contribution >= 0.6 is 23.4 Å². The zero-order valence-electron chi connectivity index (χ0n) is 14.6. The average Bonchev–Trinajstić information content (AvgIpc) is 2.99. The van der Waals surface area contributed by atoms with Crippen LogP contribution in [0.15, 0.2) is 53.7 Å². The molecule has 10 heteroatoms. The highest BCUT2D eigenvalue weighted by Crippen LogP contribution is 2.27. The van der Waals surface area contributed by atoms with Crippen molar-refractivity contribution >= 4 is 23.4 Å². The second-order valence-corrected chi connectivity index (χ2v) is 7.01. The molecule has 0 amide bonds. The summed E-state index contributed by atoms with van der Waals surface area (Å²) in [5, 5.41) is 9.40. The molecule has 0 aliphatic rings. The molecule has 0 radical (unpaired) electrons. The van der Waals surface area contributed by atoms with Crippen LogP contribution in [0.3, 0.4) is 0 Å². The second kappa shape index (κ2) is 8.74. The van der Waals surface area contributed by atoms with Gasteiger partial charge in [0.15, 0.2) is 11.0 Å². The van der Waals surface area contributed by atoms with E-state index >= 15 is 0 Å². The monoisotopic (exact) mass is 429 g/mol. The number of alkyl halides is 3. The maximum absolute atomic E-state index is 12.2. The molecule has 0 fully saturated rings. The Kier molecular flexibility index (Phi) is 6.35. The molecule has 1 aromatic heterocycles. The third-order valence-electron chi connectivity index (χ3n) is 3.64. The van der Waals surface area contributed by atoms with Crippen LogP contribution in [0, 0.1) is 0 Å². The van der Waals surface area contributed by atoms with Gasteiger partial charge in [-0.1, -0.05) is 47.6 Å². The minimum Gasteiger partial charge on any atom is -0.484 e. The average molecular weight is 430 g/mol. The molecule has 148 valence electrons. The molecule has 3 aromatic rings. The van der Waals surface area contributed by atoms with Crippen molar-refractivity contribution in [3.05, 3.63) is 64.9 Å². The molecule has 0 saturated heterocycles. The quantitative estimate of drug-likeness (QED) is 0.481. The highest BCUT2D eigenvalue weighted by atomic mass is 35.5. The van der Waals surface area contributed by atoms with Gasteiger partial charge in [0.05, 0.1) is 5.02 Å². The van der Waals surface area contributed by atoms with Gasteiger partial charge in [-0.25, -0.2) is 0 Å². The van der Waals surface area contributed by atoms with Crippen LogP contribution in [0.2, 0.25) is 5.02 Å². The van der Waals surface area contributed by atoms with Crippen molar-refractivity contribution < 1.29 is 22.6 Å². The van der Waals surface area contributed by atoms with Crippen LogP contribution in [0.25, 0.3) is 0 Å². The summed E-state index contributed by atoms with van der Waals surface area (Å²) in [4.78, 5) is 0. The first-order chi connectivity index (χ1) is 13.3. The van der Waals surface area contributed by atoms with Crippen molar-refractivity contribution in [2.45, 2.75) is 23.9 Å². The predicted octanol–water partition coefficient (Wildman–Crippen LogP) is 5.24. The van der Waals surface area contributed by atoms with Gasteiger partial charge in [-0.05, 0) is 29.8 Å². The number of rotatable bonds is 7. The van der Waals surface area contributed by atoms with Crippen LogP contribution in [0.5, 0.6) is 11.5 Å². The van der Waals surface area contributed by atoms with Crippen molar-refractivity contribution in [1.82, 2.24) is 14.8 Å². The van der Waals surface area contributed by atoms with Gasteiger partial charge in [0.2, 0.25) is 0 Å². The molecule has 5 nitrogen and oxygen atoms in total. The Bertz CT molecular complexity index is 933. The van der Waals surface area contributed by atoms with Gasteiger partial charge in [0.1, 0.15) is 18.1 Å². The third kappa shape index (κ3) is 5.56. The molecule has 0 saturated carbocycles. The molecule has 0 unspecified atom stereocenters. The number of nitrogens with zero attached hydrogens (tertiary/aromatic N) is 3. The number of thioether (sulfide) groups is 1. The van der Waals surface area contributed by atoms with E-state index in [0.29, 0.717) is 27.5 Å².